The molecule has 0 spiro atoms. The van der Waals surface area contributed by atoms with E-state index < -0.39 is 0 Å². The summed E-state index contributed by atoms with van der Waals surface area (Å²) in [6, 6.07) is 4.69. The Bertz CT molecular complexity index is 419. The van der Waals surface area contributed by atoms with Gasteiger partial charge in [-0.3, -0.25) is 0 Å². The van der Waals surface area contributed by atoms with Crippen molar-refractivity contribution in [3.63, 3.8) is 0 Å². The lowest BCUT2D eigenvalue weighted by Gasteiger charge is -2.16. The number of halogens is 1. The van der Waals surface area contributed by atoms with Crippen LogP contribution in [0.2, 0.25) is 0 Å². The monoisotopic (exact) mass is 281 g/mol. The third kappa shape index (κ3) is 4.46. The fourth-order valence-corrected chi connectivity index (χ4v) is 2.45. The first-order chi connectivity index (χ1) is 9.69. The summed E-state index contributed by atoms with van der Waals surface area (Å²) < 4.78 is 24.7. The highest BCUT2D eigenvalue weighted by molar-refractivity contribution is 5.34. The highest BCUT2D eigenvalue weighted by Crippen LogP contribution is 2.23. The molecule has 1 aromatic rings. The molecule has 2 atom stereocenters. The average molecular weight is 281 g/mol. The summed E-state index contributed by atoms with van der Waals surface area (Å²) in [7, 11) is 0. The molecule has 2 rings (SSSR count). The van der Waals surface area contributed by atoms with Crippen LogP contribution in [0.5, 0.6) is 5.75 Å². The van der Waals surface area contributed by atoms with Crippen LogP contribution >= 0.6 is 0 Å². The predicted octanol–water partition coefficient (Wildman–Crippen LogP) is 3.05. The molecule has 0 saturated carbocycles. The summed E-state index contributed by atoms with van der Waals surface area (Å²) in [5, 5.41) is 0. The predicted molar refractivity (Wildman–Crippen MR) is 77.5 cm³/mol. The van der Waals surface area contributed by atoms with Crippen molar-refractivity contribution in [1.29, 1.82) is 0 Å². The van der Waals surface area contributed by atoms with Crippen LogP contribution in [0, 0.1) is 5.82 Å². The van der Waals surface area contributed by atoms with Gasteiger partial charge in [-0.1, -0.05) is 6.92 Å². The Morgan fingerprint density at radius 3 is 3.05 bits per heavy atom. The van der Waals surface area contributed by atoms with Gasteiger partial charge < -0.3 is 15.2 Å². The number of rotatable bonds is 7. The van der Waals surface area contributed by atoms with Gasteiger partial charge >= 0.3 is 0 Å². The minimum Gasteiger partial charge on any atom is -0.493 e. The summed E-state index contributed by atoms with van der Waals surface area (Å²) in [5.74, 6) is 0.503. The smallest absolute Gasteiger partial charge is 0.123 e. The number of nitrogens with two attached hydrogens (primary N) is 1. The largest absolute Gasteiger partial charge is 0.493 e. The zero-order valence-corrected chi connectivity index (χ0v) is 12.1. The summed E-state index contributed by atoms with van der Waals surface area (Å²) >= 11 is 0. The van der Waals surface area contributed by atoms with Crippen LogP contribution in [-0.2, 0) is 11.2 Å². The lowest BCUT2D eigenvalue weighted by atomic mass is 10.0. The zero-order chi connectivity index (χ0) is 14.4. The van der Waals surface area contributed by atoms with Crippen LogP contribution < -0.4 is 10.5 Å². The van der Waals surface area contributed by atoms with Crippen LogP contribution in [0.4, 0.5) is 4.39 Å². The van der Waals surface area contributed by atoms with Crippen LogP contribution in [0.15, 0.2) is 18.2 Å². The van der Waals surface area contributed by atoms with E-state index in [-0.39, 0.29) is 11.9 Å². The van der Waals surface area contributed by atoms with Crippen LogP contribution in [0.1, 0.15) is 38.2 Å². The Balaban J connectivity index is 1.91. The van der Waals surface area contributed by atoms with Crippen molar-refractivity contribution in [2.45, 2.75) is 51.2 Å². The highest BCUT2D eigenvalue weighted by atomic mass is 19.1. The molecular weight excluding hydrogens is 257 g/mol. The SMILES string of the molecule is CCC(N)Cc1cc(F)ccc1OCCC1CCCO1. The van der Waals surface area contributed by atoms with Crippen molar-refractivity contribution in [2.24, 2.45) is 5.73 Å². The molecule has 1 aliphatic rings. The van der Waals surface area contributed by atoms with Gasteiger partial charge in [-0.25, -0.2) is 4.39 Å². The fraction of sp³-hybridized carbons (Fsp3) is 0.625. The van der Waals surface area contributed by atoms with Gasteiger partial charge in [-0.2, -0.15) is 0 Å². The molecule has 2 N–H and O–H groups in total. The van der Waals surface area contributed by atoms with Crippen LogP contribution in [-0.4, -0.2) is 25.4 Å². The van der Waals surface area contributed by atoms with Gasteiger partial charge in [-0.05, 0) is 49.4 Å². The van der Waals surface area contributed by atoms with E-state index in [0.717, 1.165) is 43.6 Å². The molecule has 1 aliphatic heterocycles. The molecule has 4 heteroatoms. The highest BCUT2D eigenvalue weighted by Gasteiger charge is 2.16. The second-order valence-corrected chi connectivity index (χ2v) is 5.40. The summed E-state index contributed by atoms with van der Waals surface area (Å²) in [6.45, 7) is 3.49. The van der Waals surface area contributed by atoms with Crippen molar-refractivity contribution >= 4 is 0 Å². The molecule has 0 amide bonds. The third-order valence-corrected chi connectivity index (χ3v) is 3.75. The van der Waals surface area contributed by atoms with Gasteiger partial charge in [0.2, 0.25) is 0 Å². The van der Waals surface area contributed by atoms with Gasteiger partial charge in [0.25, 0.3) is 0 Å². The molecule has 0 aliphatic carbocycles. The number of hydrogen-bond acceptors (Lipinski definition) is 3. The van der Waals surface area contributed by atoms with E-state index in [9.17, 15) is 4.39 Å². The topological polar surface area (TPSA) is 44.5 Å². The standard InChI is InChI=1S/C16H24FNO2/c1-2-14(18)11-12-10-13(17)5-6-16(12)20-9-7-15-4-3-8-19-15/h5-6,10,14-15H,2-4,7-9,11,18H2,1H3. The molecule has 112 valence electrons. The molecular formula is C16H24FNO2. The normalized spacial score (nSPS) is 20.1. The Hall–Kier alpha value is -1.13. The Morgan fingerprint density at radius 1 is 1.50 bits per heavy atom. The van der Waals surface area contributed by atoms with Crippen molar-refractivity contribution in [3.8, 4) is 5.75 Å². The molecule has 1 fully saturated rings. The van der Waals surface area contributed by atoms with Crippen LogP contribution in [0.3, 0.4) is 0 Å². The molecule has 3 nitrogen and oxygen atoms in total. The van der Waals surface area contributed by atoms with Gasteiger partial charge in [0.1, 0.15) is 11.6 Å². The van der Waals surface area contributed by atoms with Gasteiger partial charge in [0.05, 0.1) is 12.7 Å². The van der Waals surface area contributed by atoms with Crippen molar-refractivity contribution in [3.05, 3.63) is 29.6 Å². The molecule has 1 saturated heterocycles. The van der Waals surface area contributed by atoms with Gasteiger partial charge in [0, 0.05) is 19.1 Å². The van der Waals surface area contributed by atoms with Gasteiger partial charge in [0.15, 0.2) is 0 Å². The minimum absolute atomic E-state index is 0.0392. The molecule has 1 aromatic carbocycles. The summed E-state index contributed by atoms with van der Waals surface area (Å²) in [4.78, 5) is 0. The fourth-order valence-electron chi connectivity index (χ4n) is 2.45. The Labute approximate surface area is 120 Å². The van der Waals surface area contributed by atoms with E-state index >= 15 is 0 Å². The maximum Gasteiger partial charge on any atom is 0.123 e. The van der Waals surface area contributed by atoms with Crippen molar-refractivity contribution in [1.82, 2.24) is 0 Å². The van der Waals surface area contributed by atoms with Crippen LogP contribution in [0.25, 0.3) is 0 Å². The Morgan fingerprint density at radius 2 is 2.35 bits per heavy atom. The van der Waals surface area contributed by atoms with E-state index in [1.807, 2.05) is 6.92 Å². The first-order valence-corrected chi connectivity index (χ1v) is 7.47. The zero-order valence-electron chi connectivity index (χ0n) is 12.1. The first kappa shape index (κ1) is 15.3. The van der Waals surface area contributed by atoms with E-state index in [2.05, 4.69) is 0 Å². The van der Waals surface area contributed by atoms with Crippen molar-refractivity contribution in [2.75, 3.05) is 13.2 Å². The lowest BCUT2D eigenvalue weighted by Crippen LogP contribution is -2.22. The van der Waals surface area contributed by atoms with E-state index in [1.54, 1.807) is 6.07 Å². The lowest BCUT2D eigenvalue weighted by molar-refractivity contribution is 0.0902. The molecule has 2 unspecified atom stereocenters. The van der Waals surface area contributed by atoms with Gasteiger partial charge in [-0.15, -0.1) is 0 Å². The molecule has 1 heterocycles. The quantitative estimate of drug-likeness (QED) is 0.835. The van der Waals surface area contributed by atoms with Crippen molar-refractivity contribution < 1.29 is 13.9 Å². The minimum atomic E-state index is -0.241. The maximum atomic E-state index is 13.4. The second-order valence-electron chi connectivity index (χ2n) is 5.40. The molecule has 0 radical (unpaired) electrons. The van der Waals surface area contributed by atoms with E-state index in [4.69, 9.17) is 15.2 Å². The second kappa shape index (κ2) is 7.60. The third-order valence-electron chi connectivity index (χ3n) is 3.75. The maximum absolute atomic E-state index is 13.4. The molecule has 0 bridgehead atoms. The number of benzene rings is 1. The van der Waals surface area contributed by atoms with E-state index in [0.29, 0.717) is 19.1 Å². The summed E-state index contributed by atoms with van der Waals surface area (Å²) in [6.07, 6.45) is 4.96. The molecule has 20 heavy (non-hydrogen) atoms. The van der Waals surface area contributed by atoms with E-state index in [1.165, 1.54) is 12.1 Å². The molecule has 0 aromatic heterocycles. The number of hydrogen-bond donors (Lipinski definition) is 1. The summed E-state index contributed by atoms with van der Waals surface area (Å²) in [5.41, 5.74) is 6.81. The Kier molecular flexibility index (Phi) is 5.80. The number of ether oxygens (including phenoxy) is 2. The first-order valence-electron chi connectivity index (χ1n) is 7.47. The average Bonchev–Trinajstić information content (AvgIpc) is 2.94.